The van der Waals surface area contributed by atoms with Crippen molar-refractivity contribution < 1.29 is 0 Å². The zero-order valence-corrected chi connectivity index (χ0v) is 30.6. The average Bonchev–Trinajstić information content (AvgIpc) is 3.17. The van der Waals surface area contributed by atoms with Crippen molar-refractivity contribution in [3.63, 3.8) is 0 Å². The molecule has 6 aromatic carbocycles. The molecule has 258 valence electrons. The summed E-state index contributed by atoms with van der Waals surface area (Å²) in [5.41, 5.74) is 10.6. The van der Waals surface area contributed by atoms with Crippen molar-refractivity contribution in [3.8, 4) is 22.3 Å². The highest BCUT2D eigenvalue weighted by Crippen LogP contribution is 2.36. The number of hydrogen-bond acceptors (Lipinski definition) is 5. The Bertz CT molecular complexity index is 2350. The third kappa shape index (κ3) is 7.26. The maximum absolute atomic E-state index is 6.38. The Morgan fingerprint density at radius 3 is 1.35 bits per heavy atom. The lowest BCUT2D eigenvalue weighted by molar-refractivity contribution is 0.331. The fraction of sp³-hybridized carbons (Fsp3) is 0.156. The maximum atomic E-state index is 6.38. The van der Waals surface area contributed by atoms with Crippen molar-refractivity contribution in [3.05, 3.63) is 144 Å². The van der Waals surface area contributed by atoms with Gasteiger partial charge < -0.3 is 15.5 Å². The summed E-state index contributed by atoms with van der Waals surface area (Å²) in [7, 11) is 2.21. The smallest absolute Gasteiger partial charge is 0.0745 e. The van der Waals surface area contributed by atoms with Crippen LogP contribution in [0.3, 0.4) is 0 Å². The molecule has 0 atom stereocenters. The van der Waals surface area contributed by atoms with Gasteiger partial charge in [-0.2, -0.15) is 0 Å². The first kappa shape index (κ1) is 33.9. The van der Waals surface area contributed by atoms with Gasteiger partial charge >= 0.3 is 0 Å². The monoisotopic (exact) mass is 719 g/mol. The highest BCUT2D eigenvalue weighted by molar-refractivity contribution is 6.32. The Morgan fingerprint density at radius 2 is 0.904 bits per heavy atom. The van der Waals surface area contributed by atoms with Gasteiger partial charge in [-0.1, -0.05) is 96.0 Å². The van der Waals surface area contributed by atoms with Gasteiger partial charge in [0.2, 0.25) is 0 Å². The number of aromatic nitrogens is 2. The second-order valence-electron chi connectivity index (χ2n) is 13.4. The molecule has 0 aliphatic carbocycles. The molecule has 8 aromatic rings. The first-order valence-corrected chi connectivity index (χ1v) is 18.6. The molecular formula is C45H39Cl2N5. The molecule has 0 fully saturated rings. The number of benzene rings is 6. The number of hydrogen-bond donors (Lipinski definition) is 2. The highest BCUT2D eigenvalue weighted by atomic mass is 35.5. The van der Waals surface area contributed by atoms with E-state index in [2.05, 4.69) is 120 Å². The molecule has 7 heteroatoms. The molecule has 52 heavy (non-hydrogen) atoms. The molecule has 0 radical (unpaired) electrons. The Hall–Kier alpha value is -5.20. The number of halogens is 2. The van der Waals surface area contributed by atoms with Crippen LogP contribution in [0.2, 0.25) is 10.0 Å². The summed E-state index contributed by atoms with van der Waals surface area (Å²) >= 11 is 12.8. The minimum atomic E-state index is 0.689. The van der Waals surface area contributed by atoms with Gasteiger partial charge in [-0.05, 0) is 116 Å². The number of fused-ring (bicyclic) bond motifs is 4. The zero-order valence-electron chi connectivity index (χ0n) is 29.0. The van der Waals surface area contributed by atoms with Gasteiger partial charge in [0.15, 0.2) is 0 Å². The summed E-state index contributed by atoms with van der Waals surface area (Å²) in [6, 6.07) is 45.9. The SMILES string of the molecule is CN(CCCNc1c2ccc(Cl)cc2nc2ccc(-c3ccccc3)cc12)CCCNc1c2ccc(Cl)cc2nc2ccc(-c3ccccc3)cc12. The minimum Gasteiger partial charge on any atom is -0.384 e. The van der Waals surface area contributed by atoms with Gasteiger partial charge in [0.1, 0.15) is 0 Å². The van der Waals surface area contributed by atoms with Crippen molar-refractivity contribution in [1.82, 2.24) is 14.9 Å². The van der Waals surface area contributed by atoms with Crippen LogP contribution < -0.4 is 10.6 Å². The second-order valence-corrected chi connectivity index (χ2v) is 14.2. The van der Waals surface area contributed by atoms with Crippen molar-refractivity contribution >= 4 is 78.2 Å². The second kappa shape index (κ2) is 15.2. The van der Waals surface area contributed by atoms with E-state index in [1.54, 1.807) is 0 Å². The van der Waals surface area contributed by atoms with Crippen molar-refractivity contribution in [2.45, 2.75) is 12.8 Å². The van der Waals surface area contributed by atoms with E-state index in [-0.39, 0.29) is 0 Å². The zero-order chi connectivity index (χ0) is 35.4. The molecule has 0 bridgehead atoms. The predicted octanol–water partition coefficient (Wildman–Crippen LogP) is 12.0. The van der Waals surface area contributed by atoms with Crippen LogP contribution in [-0.4, -0.2) is 48.1 Å². The molecule has 0 saturated carbocycles. The summed E-state index contributed by atoms with van der Waals surface area (Å²) in [4.78, 5) is 12.3. The van der Waals surface area contributed by atoms with Crippen LogP contribution in [0.15, 0.2) is 133 Å². The van der Waals surface area contributed by atoms with E-state index < -0.39 is 0 Å². The van der Waals surface area contributed by atoms with E-state index in [0.717, 1.165) is 94.0 Å². The molecule has 8 rings (SSSR count). The molecule has 0 amide bonds. The summed E-state index contributed by atoms with van der Waals surface area (Å²) in [6.07, 6.45) is 2.01. The van der Waals surface area contributed by atoms with Gasteiger partial charge in [0.05, 0.1) is 33.4 Å². The molecule has 2 heterocycles. The van der Waals surface area contributed by atoms with Gasteiger partial charge in [-0.3, -0.25) is 0 Å². The molecular weight excluding hydrogens is 681 g/mol. The van der Waals surface area contributed by atoms with Crippen LogP contribution in [0.1, 0.15) is 12.8 Å². The fourth-order valence-corrected chi connectivity index (χ4v) is 7.41. The van der Waals surface area contributed by atoms with E-state index >= 15 is 0 Å². The topological polar surface area (TPSA) is 53.1 Å². The number of nitrogens with one attached hydrogen (secondary N) is 2. The number of pyridine rings is 2. The Kier molecular flexibility index (Phi) is 9.91. The molecule has 0 aliphatic rings. The molecule has 5 nitrogen and oxygen atoms in total. The van der Waals surface area contributed by atoms with Crippen LogP contribution in [0.5, 0.6) is 0 Å². The number of nitrogens with zero attached hydrogens (tertiary/aromatic N) is 3. The standard InChI is InChI=1S/C45H39Cl2N5/c1-52(24-8-22-48-44-36-18-16-34(46)28-42(36)50-40-20-14-32(26-38(40)44)30-10-4-2-5-11-30)25-9-23-49-45-37-19-17-35(47)29-43(37)51-41-21-15-33(27-39(41)45)31-12-6-3-7-13-31/h2-7,10-21,26-29H,8-9,22-25H2,1H3,(H,48,50)(H,49,51). The molecule has 2 aromatic heterocycles. The van der Waals surface area contributed by atoms with E-state index in [4.69, 9.17) is 33.2 Å². The van der Waals surface area contributed by atoms with Crippen LogP contribution >= 0.6 is 23.2 Å². The third-order valence-corrected chi connectivity index (χ3v) is 10.2. The van der Waals surface area contributed by atoms with E-state index in [1.807, 2.05) is 36.4 Å². The quantitative estimate of drug-likeness (QED) is 0.0972. The maximum Gasteiger partial charge on any atom is 0.0745 e. The normalized spacial score (nSPS) is 11.6. The lowest BCUT2D eigenvalue weighted by Gasteiger charge is -2.19. The summed E-state index contributed by atoms with van der Waals surface area (Å²) in [6.45, 7) is 3.65. The first-order chi connectivity index (χ1) is 25.5. The van der Waals surface area contributed by atoms with E-state index in [1.165, 1.54) is 22.3 Å². The number of rotatable bonds is 12. The Balaban J connectivity index is 0.933. The van der Waals surface area contributed by atoms with E-state index in [9.17, 15) is 0 Å². The van der Waals surface area contributed by atoms with Crippen molar-refractivity contribution in [1.29, 1.82) is 0 Å². The van der Waals surface area contributed by atoms with Gasteiger partial charge in [0, 0.05) is 44.7 Å². The van der Waals surface area contributed by atoms with Crippen LogP contribution in [0, 0.1) is 0 Å². The summed E-state index contributed by atoms with van der Waals surface area (Å²) < 4.78 is 0. The van der Waals surface area contributed by atoms with E-state index in [0.29, 0.717) is 10.0 Å². The third-order valence-electron chi connectivity index (χ3n) is 9.72. The average molecular weight is 721 g/mol. The Morgan fingerprint density at radius 1 is 0.462 bits per heavy atom. The minimum absolute atomic E-state index is 0.689. The molecule has 0 spiro atoms. The predicted molar refractivity (Wildman–Crippen MR) is 223 cm³/mol. The molecule has 0 unspecified atom stereocenters. The van der Waals surface area contributed by atoms with Crippen LogP contribution in [0.25, 0.3) is 65.9 Å². The molecule has 0 saturated heterocycles. The van der Waals surface area contributed by atoms with Crippen LogP contribution in [0.4, 0.5) is 11.4 Å². The van der Waals surface area contributed by atoms with Gasteiger partial charge in [-0.15, -0.1) is 0 Å². The largest absolute Gasteiger partial charge is 0.384 e. The molecule has 0 aliphatic heterocycles. The lowest BCUT2D eigenvalue weighted by atomic mass is 10.0. The summed E-state index contributed by atoms with van der Waals surface area (Å²) in [5.74, 6) is 0. The molecule has 2 N–H and O–H groups in total. The van der Waals surface area contributed by atoms with Crippen LogP contribution in [-0.2, 0) is 0 Å². The Labute approximate surface area is 314 Å². The fourth-order valence-electron chi connectivity index (χ4n) is 7.07. The van der Waals surface area contributed by atoms with Gasteiger partial charge in [-0.25, -0.2) is 9.97 Å². The summed E-state index contributed by atoms with van der Waals surface area (Å²) in [5, 5.41) is 13.3. The van der Waals surface area contributed by atoms with Crippen molar-refractivity contribution in [2.75, 3.05) is 43.9 Å². The van der Waals surface area contributed by atoms with Gasteiger partial charge in [0.25, 0.3) is 0 Å². The lowest BCUT2D eigenvalue weighted by Crippen LogP contribution is -2.24. The van der Waals surface area contributed by atoms with Crippen molar-refractivity contribution in [2.24, 2.45) is 0 Å². The highest BCUT2D eigenvalue weighted by Gasteiger charge is 2.13. The first-order valence-electron chi connectivity index (χ1n) is 17.8. The number of anilines is 2.